The molecule has 0 aliphatic carbocycles. The van der Waals surface area contributed by atoms with E-state index in [0.29, 0.717) is 16.0 Å². The van der Waals surface area contributed by atoms with Crippen molar-refractivity contribution >= 4 is 15.9 Å². The van der Waals surface area contributed by atoms with Crippen LogP contribution < -0.4 is 4.74 Å². The quantitative estimate of drug-likeness (QED) is 0.827. The summed E-state index contributed by atoms with van der Waals surface area (Å²) in [7, 11) is 0. The van der Waals surface area contributed by atoms with Crippen molar-refractivity contribution in [3.63, 3.8) is 0 Å². The molecule has 2 rings (SSSR count). The van der Waals surface area contributed by atoms with E-state index in [4.69, 9.17) is 4.74 Å². The second-order valence-electron chi connectivity index (χ2n) is 3.32. The summed E-state index contributed by atoms with van der Waals surface area (Å²) in [6, 6.07) is 6.30. The lowest BCUT2D eigenvalue weighted by molar-refractivity contribution is 0.475. The van der Waals surface area contributed by atoms with Gasteiger partial charge in [0.15, 0.2) is 0 Å². The van der Waals surface area contributed by atoms with Gasteiger partial charge in [-0.2, -0.15) is 0 Å². The Kier molecular flexibility index (Phi) is 3.19. The number of aromatic nitrogens is 1. The second kappa shape index (κ2) is 4.61. The number of pyridine rings is 1. The van der Waals surface area contributed by atoms with Crippen LogP contribution >= 0.6 is 15.9 Å². The van der Waals surface area contributed by atoms with E-state index in [2.05, 4.69) is 20.9 Å². The first-order valence-electron chi connectivity index (χ1n) is 4.70. The average molecular weight is 282 g/mol. The maximum Gasteiger partial charge on any atom is 0.137 e. The minimum Gasteiger partial charge on any atom is -0.457 e. The summed E-state index contributed by atoms with van der Waals surface area (Å²) in [5.41, 5.74) is 0.933. The molecule has 1 aromatic carbocycles. The van der Waals surface area contributed by atoms with Crippen LogP contribution in [0.25, 0.3) is 0 Å². The smallest absolute Gasteiger partial charge is 0.137 e. The van der Waals surface area contributed by atoms with E-state index in [1.807, 2.05) is 6.92 Å². The molecule has 16 heavy (non-hydrogen) atoms. The highest BCUT2D eigenvalue weighted by atomic mass is 79.9. The molecule has 4 heteroatoms. The number of halogens is 2. The molecule has 0 unspecified atom stereocenters. The molecule has 0 radical (unpaired) electrons. The van der Waals surface area contributed by atoms with Crippen molar-refractivity contribution in [2.45, 2.75) is 6.92 Å². The lowest BCUT2D eigenvalue weighted by Gasteiger charge is -2.08. The van der Waals surface area contributed by atoms with E-state index in [9.17, 15) is 4.39 Å². The van der Waals surface area contributed by atoms with Crippen LogP contribution in [0.4, 0.5) is 4.39 Å². The molecule has 0 spiro atoms. The first-order valence-corrected chi connectivity index (χ1v) is 5.49. The highest BCUT2D eigenvalue weighted by Gasteiger charge is 2.04. The fraction of sp³-hybridized carbons (Fsp3) is 0.0833. The Hall–Kier alpha value is -1.42. The van der Waals surface area contributed by atoms with Gasteiger partial charge in [-0.05, 0) is 47.1 Å². The maximum atomic E-state index is 13.0. The minimum atomic E-state index is -0.307. The van der Waals surface area contributed by atoms with E-state index in [1.54, 1.807) is 30.6 Å². The van der Waals surface area contributed by atoms with E-state index in [0.717, 1.165) is 5.56 Å². The molecule has 1 aromatic heterocycles. The van der Waals surface area contributed by atoms with Crippen LogP contribution in [0.3, 0.4) is 0 Å². The van der Waals surface area contributed by atoms with Crippen LogP contribution in [-0.2, 0) is 0 Å². The van der Waals surface area contributed by atoms with E-state index in [1.165, 1.54) is 6.07 Å². The zero-order chi connectivity index (χ0) is 11.5. The van der Waals surface area contributed by atoms with E-state index in [-0.39, 0.29) is 5.82 Å². The van der Waals surface area contributed by atoms with Gasteiger partial charge in [-0.3, -0.25) is 4.98 Å². The summed E-state index contributed by atoms with van der Waals surface area (Å²) >= 11 is 3.11. The highest BCUT2D eigenvalue weighted by molar-refractivity contribution is 9.10. The number of ether oxygens (including phenoxy) is 1. The molecule has 0 amide bonds. The van der Waals surface area contributed by atoms with Gasteiger partial charge in [0.05, 0.1) is 4.47 Å². The Balaban J connectivity index is 2.28. The molecule has 2 nitrogen and oxygen atoms in total. The number of benzene rings is 1. The first-order chi connectivity index (χ1) is 7.66. The number of hydrogen-bond donors (Lipinski definition) is 0. The normalized spacial score (nSPS) is 10.2. The topological polar surface area (TPSA) is 22.1 Å². The van der Waals surface area contributed by atoms with Gasteiger partial charge in [0, 0.05) is 18.0 Å². The lowest BCUT2D eigenvalue weighted by atomic mass is 10.3. The van der Waals surface area contributed by atoms with Crippen molar-refractivity contribution in [2.24, 2.45) is 0 Å². The Morgan fingerprint density at radius 3 is 2.81 bits per heavy atom. The number of rotatable bonds is 2. The van der Waals surface area contributed by atoms with Gasteiger partial charge in [-0.15, -0.1) is 0 Å². The Morgan fingerprint density at radius 1 is 1.31 bits per heavy atom. The monoisotopic (exact) mass is 281 g/mol. The van der Waals surface area contributed by atoms with Gasteiger partial charge in [0.2, 0.25) is 0 Å². The molecule has 0 atom stereocenters. The van der Waals surface area contributed by atoms with Gasteiger partial charge in [0.25, 0.3) is 0 Å². The average Bonchev–Trinajstić information content (AvgIpc) is 2.27. The standard InChI is InChI=1S/C12H9BrFNO/c1-8-7-15-5-4-12(8)16-9-2-3-11(14)10(13)6-9/h2-7H,1H3. The molecule has 0 fully saturated rings. The molecule has 0 saturated heterocycles. The van der Waals surface area contributed by atoms with Gasteiger partial charge >= 0.3 is 0 Å². The van der Waals surface area contributed by atoms with Crippen LogP contribution in [0.15, 0.2) is 41.1 Å². The van der Waals surface area contributed by atoms with E-state index < -0.39 is 0 Å². The van der Waals surface area contributed by atoms with Crippen molar-refractivity contribution in [1.82, 2.24) is 4.98 Å². The summed E-state index contributed by atoms with van der Waals surface area (Å²) in [5, 5.41) is 0. The zero-order valence-electron chi connectivity index (χ0n) is 8.58. The summed E-state index contributed by atoms with van der Waals surface area (Å²) in [5.74, 6) is 0.995. The summed E-state index contributed by atoms with van der Waals surface area (Å²) < 4.78 is 19.0. The molecule has 82 valence electrons. The summed E-state index contributed by atoms with van der Waals surface area (Å²) in [6.07, 6.45) is 3.37. The lowest BCUT2D eigenvalue weighted by Crippen LogP contribution is -1.89. The molecule has 0 aliphatic heterocycles. The van der Waals surface area contributed by atoms with Crippen LogP contribution in [0.1, 0.15) is 5.56 Å². The minimum absolute atomic E-state index is 0.307. The largest absolute Gasteiger partial charge is 0.457 e. The molecule has 1 heterocycles. The van der Waals surface area contributed by atoms with E-state index >= 15 is 0 Å². The highest BCUT2D eigenvalue weighted by Crippen LogP contribution is 2.27. The van der Waals surface area contributed by atoms with Crippen molar-refractivity contribution in [3.05, 3.63) is 52.5 Å². The molecular weight excluding hydrogens is 273 g/mol. The van der Waals surface area contributed by atoms with Crippen LogP contribution in [0.5, 0.6) is 11.5 Å². The van der Waals surface area contributed by atoms with Crippen molar-refractivity contribution in [2.75, 3.05) is 0 Å². The third kappa shape index (κ3) is 2.39. The van der Waals surface area contributed by atoms with Crippen molar-refractivity contribution in [1.29, 1.82) is 0 Å². The molecule has 0 aliphatic rings. The van der Waals surface area contributed by atoms with Gasteiger partial charge in [-0.1, -0.05) is 0 Å². The van der Waals surface area contributed by atoms with Gasteiger partial charge < -0.3 is 4.74 Å². The second-order valence-corrected chi connectivity index (χ2v) is 4.17. The molecular formula is C12H9BrFNO. The SMILES string of the molecule is Cc1cnccc1Oc1ccc(F)c(Br)c1. The Labute approximate surface area is 101 Å². The van der Waals surface area contributed by atoms with Crippen LogP contribution in [-0.4, -0.2) is 4.98 Å². The molecule has 2 aromatic rings. The van der Waals surface area contributed by atoms with Gasteiger partial charge in [-0.25, -0.2) is 4.39 Å². The predicted molar refractivity (Wildman–Crippen MR) is 63.1 cm³/mol. The number of nitrogens with zero attached hydrogens (tertiary/aromatic N) is 1. The molecule has 0 saturated carbocycles. The molecule has 0 bridgehead atoms. The zero-order valence-corrected chi connectivity index (χ0v) is 10.2. The first kappa shape index (κ1) is 11.1. The van der Waals surface area contributed by atoms with Crippen molar-refractivity contribution in [3.8, 4) is 11.5 Å². The Morgan fingerprint density at radius 2 is 2.12 bits per heavy atom. The fourth-order valence-corrected chi connectivity index (χ4v) is 1.60. The Bertz CT molecular complexity index is 516. The molecule has 0 N–H and O–H groups in total. The fourth-order valence-electron chi connectivity index (χ4n) is 1.24. The summed E-state index contributed by atoms with van der Waals surface area (Å²) in [4.78, 5) is 3.97. The summed E-state index contributed by atoms with van der Waals surface area (Å²) in [6.45, 7) is 1.90. The third-order valence-corrected chi connectivity index (χ3v) is 2.70. The maximum absolute atomic E-state index is 13.0. The predicted octanol–water partition coefficient (Wildman–Crippen LogP) is 4.08. The third-order valence-electron chi connectivity index (χ3n) is 2.09. The van der Waals surface area contributed by atoms with Crippen molar-refractivity contribution < 1.29 is 9.13 Å². The number of hydrogen-bond acceptors (Lipinski definition) is 2. The van der Waals surface area contributed by atoms with Gasteiger partial charge in [0.1, 0.15) is 17.3 Å². The van der Waals surface area contributed by atoms with Crippen LogP contribution in [0, 0.1) is 12.7 Å². The van der Waals surface area contributed by atoms with Crippen LogP contribution in [0.2, 0.25) is 0 Å². The number of aryl methyl sites for hydroxylation is 1.